The summed E-state index contributed by atoms with van der Waals surface area (Å²) in [6.45, 7) is 0. The minimum Gasteiger partial charge on any atom is -0.496 e. The third kappa shape index (κ3) is 2.89. The molecular weight excluding hydrogens is 231 g/mol. The molecule has 0 bridgehead atoms. The monoisotopic (exact) mass is 250 g/mol. The molecule has 0 heterocycles. The topological polar surface area (TPSA) is 26.3 Å². The van der Waals surface area contributed by atoms with Crippen LogP contribution in [0.1, 0.15) is 48.9 Å². The average Bonchev–Trinajstić information content (AvgIpc) is 2.88. The number of carbonyl (C=O) groups is 1. The fraction of sp³-hybridized carbons (Fsp3) is 0.533. The Hall–Kier alpha value is -1.38. The number of ether oxygens (including phenoxy) is 1. The molecule has 0 unspecified atom stereocenters. The van der Waals surface area contributed by atoms with Crippen LogP contribution < -0.4 is 4.74 Å². The number of hydrogen-bond donors (Lipinski definition) is 0. The highest BCUT2D eigenvalue weighted by molar-refractivity contribution is 5.98. The predicted octanol–water partition coefficient (Wildman–Crippen LogP) is 3.99. The van der Waals surface area contributed by atoms with Crippen LogP contribution in [-0.2, 0) is 0 Å². The van der Waals surface area contributed by atoms with Crippen molar-refractivity contribution in [1.29, 1.82) is 0 Å². The molecule has 0 spiro atoms. The molecule has 98 valence electrons. The Kier molecular flexibility index (Phi) is 4.34. The van der Waals surface area contributed by atoms with Crippen LogP contribution in [0.5, 0.6) is 5.75 Å². The van der Waals surface area contributed by atoms with E-state index in [1.165, 1.54) is 38.9 Å². The summed E-state index contributed by atoms with van der Waals surface area (Å²) >= 11 is 0. The number of benzene rings is 1. The molecule has 1 aromatic rings. The van der Waals surface area contributed by atoms with E-state index < -0.39 is 5.82 Å². The van der Waals surface area contributed by atoms with Crippen LogP contribution in [0.2, 0.25) is 0 Å². The summed E-state index contributed by atoms with van der Waals surface area (Å²) < 4.78 is 18.7. The lowest BCUT2D eigenvalue weighted by Gasteiger charge is -2.10. The summed E-state index contributed by atoms with van der Waals surface area (Å²) in [5.41, 5.74) is 0.109. The predicted molar refractivity (Wildman–Crippen MR) is 68.5 cm³/mol. The van der Waals surface area contributed by atoms with Crippen LogP contribution in [-0.4, -0.2) is 12.9 Å². The average molecular weight is 250 g/mol. The Morgan fingerprint density at radius 2 is 2.11 bits per heavy atom. The number of ketones is 1. The smallest absolute Gasteiger partial charge is 0.169 e. The third-order valence-corrected chi connectivity index (χ3v) is 3.73. The maximum absolute atomic E-state index is 13.7. The normalized spacial score (nSPS) is 15.9. The molecule has 1 aliphatic rings. The lowest BCUT2D eigenvalue weighted by atomic mass is 9.97. The summed E-state index contributed by atoms with van der Waals surface area (Å²) in [4.78, 5) is 12.1. The first kappa shape index (κ1) is 13.1. The van der Waals surface area contributed by atoms with E-state index in [2.05, 4.69) is 0 Å². The third-order valence-electron chi connectivity index (χ3n) is 3.73. The van der Waals surface area contributed by atoms with Crippen LogP contribution in [0.25, 0.3) is 0 Å². The Bertz CT molecular complexity index is 423. The number of methoxy groups -OCH3 is 1. The highest BCUT2D eigenvalue weighted by Gasteiger charge is 2.20. The Balaban J connectivity index is 2.03. The van der Waals surface area contributed by atoms with E-state index >= 15 is 0 Å². The molecule has 1 fully saturated rings. The van der Waals surface area contributed by atoms with Gasteiger partial charge in [0.05, 0.1) is 12.7 Å². The van der Waals surface area contributed by atoms with Crippen molar-refractivity contribution in [2.24, 2.45) is 5.92 Å². The quantitative estimate of drug-likeness (QED) is 0.739. The molecule has 1 aromatic carbocycles. The van der Waals surface area contributed by atoms with E-state index in [4.69, 9.17) is 4.74 Å². The van der Waals surface area contributed by atoms with Crippen LogP contribution in [0.4, 0.5) is 4.39 Å². The Morgan fingerprint density at radius 1 is 1.39 bits per heavy atom. The van der Waals surface area contributed by atoms with Gasteiger partial charge in [-0.1, -0.05) is 31.7 Å². The van der Waals surface area contributed by atoms with E-state index in [-0.39, 0.29) is 11.3 Å². The van der Waals surface area contributed by atoms with E-state index in [0.717, 1.165) is 6.42 Å². The van der Waals surface area contributed by atoms with Crippen molar-refractivity contribution < 1.29 is 13.9 Å². The van der Waals surface area contributed by atoms with Gasteiger partial charge >= 0.3 is 0 Å². The van der Waals surface area contributed by atoms with Gasteiger partial charge in [-0.3, -0.25) is 4.79 Å². The Morgan fingerprint density at radius 3 is 2.78 bits per heavy atom. The van der Waals surface area contributed by atoms with Crippen molar-refractivity contribution in [3.05, 3.63) is 29.6 Å². The van der Waals surface area contributed by atoms with Crippen LogP contribution >= 0.6 is 0 Å². The van der Waals surface area contributed by atoms with Gasteiger partial charge in [0, 0.05) is 6.42 Å². The first-order chi connectivity index (χ1) is 8.72. The zero-order chi connectivity index (χ0) is 13.0. The van der Waals surface area contributed by atoms with E-state index in [1.807, 2.05) is 0 Å². The van der Waals surface area contributed by atoms with E-state index in [9.17, 15) is 9.18 Å². The molecule has 2 nitrogen and oxygen atoms in total. The zero-order valence-electron chi connectivity index (χ0n) is 10.7. The minimum atomic E-state index is -0.481. The van der Waals surface area contributed by atoms with Gasteiger partial charge in [0.1, 0.15) is 11.6 Å². The lowest BCUT2D eigenvalue weighted by molar-refractivity contribution is 0.0966. The van der Waals surface area contributed by atoms with Gasteiger partial charge in [0.2, 0.25) is 0 Å². The largest absolute Gasteiger partial charge is 0.496 e. The molecule has 18 heavy (non-hydrogen) atoms. The van der Waals surface area contributed by atoms with Gasteiger partial charge in [0.15, 0.2) is 5.78 Å². The first-order valence-electron chi connectivity index (χ1n) is 6.58. The van der Waals surface area contributed by atoms with E-state index in [1.54, 1.807) is 12.1 Å². The summed E-state index contributed by atoms with van der Waals surface area (Å²) in [6.07, 6.45) is 6.24. The minimum absolute atomic E-state index is 0.109. The standard InChI is InChI=1S/C15H19FO2/c1-18-14-8-4-7-12(16)15(14)13(17)10-9-11-5-2-3-6-11/h4,7-8,11H,2-3,5-6,9-10H2,1H3. The van der Waals surface area contributed by atoms with Crippen LogP contribution in [0.3, 0.4) is 0 Å². The second kappa shape index (κ2) is 5.98. The van der Waals surface area contributed by atoms with Crippen molar-refractivity contribution in [1.82, 2.24) is 0 Å². The fourth-order valence-electron chi connectivity index (χ4n) is 2.70. The number of Topliss-reactive ketones (excluding diaryl/α,β-unsaturated/α-hetero) is 1. The number of hydrogen-bond acceptors (Lipinski definition) is 2. The molecule has 1 aliphatic carbocycles. The number of halogens is 1. The van der Waals surface area contributed by atoms with Gasteiger partial charge in [-0.05, 0) is 24.5 Å². The molecular formula is C15H19FO2. The van der Waals surface area contributed by atoms with Gasteiger partial charge in [0.25, 0.3) is 0 Å². The zero-order valence-corrected chi connectivity index (χ0v) is 10.7. The summed E-state index contributed by atoms with van der Waals surface area (Å²) in [6, 6.07) is 4.50. The van der Waals surface area contributed by atoms with Gasteiger partial charge < -0.3 is 4.74 Å². The first-order valence-corrected chi connectivity index (χ1v) is 6.58. The SMILES string of the molecule is COc1cccc(F)c1C(=O)CCC1CCCC1. The van der Waals surface area contributed by atoms with Crippen LogP contribution in [0, 0.1) is 11.7 Å². The Labute approximate surface area is 107 Å². The molecule has 1 saturated carbocycles. The van der Waals surface area contributed by atoms with Crippen molar-refractivity contribution in [2.75, 3.05) is 7.11 Å². The molecule has 0 aliphatic heterocycles. The van der Waals surface area contributed by atoms with E-state index in [0.29, 0.717) is 18.1 Å². The fourth-order valence-corrected chi connectivity index (χ4v) is 2.70. The maximum atomic E-state index is 13.7. The van der Waals surface area contributed by atoms with Crippen molar-refractivity contribution in [3.8, 4) is 5.75 Å². The molecule has 2 rings (SSSR count). The molecule has 0 radical (unpaired) electrons. The van der Waals surface area contributed by atoms with Crippen molar-refractivity contribution in [2.45, 2.75) is 38.5 Å². The molecule has 0 saturated heterocycles. The van der Waals surface area contributed by atoms with Crippen molar-refractivity contribution >= 4 is 5.78 Å². The van der Waals surface area contributed by atoms with Crippen LogP contribution in [0.15, 0.2) is 18.2 Å². The highest BCUT2D eigenvalue weighted by Crippen LogP contribution is 2.30. The molecule has 0 N–H and O–H groups in total. The second-order valence-corrected chi connectivity index (χ2v) is 4.93. The number of carbonyl (C=O) groups excluding carboxylic acids is 1. The van der Waals surface area contributed by atoms with Crippen molar-refractivity contribution in [3.63, 3.8) is 0 Å². The maximum Gasteiger partial charge on any atom is 0.169 e. The van der Waals surface area contributed by atoms with Gasteiger partial charge in [-0.25, -0.2) is 4.39 Å². The molecule has 0 atom stereocenters. The molecule has 0 aromatic heterocycles. The summed E-state index contributed by atoms with van der Waals surface area (Å²) in [5, 5.41) is 0. The van der Waals surface area contributed by atoms with Gasteiger partial charge in [-0.15, -0.1) is 0 Å². The summed E-state index contributed by atoms with van der Waals surface area (Å²) in [7, 11) is 1.46. The summed E-state index contributed by atoms with van der Waals surface area (Å²) in [5.74, 6) is 0.362. The van der Waals surface area contributed by atoms with Gasteiger partial charge in [-0.2, -0.15) is 0 Å². The number of rotatable bonds is 5. The molecule has 0 amide bonds. The second-order valence-electron chi connectivity index (χ2n) is 4.93. The highest BCUT2D eigenvalue weighted by atomic mass is 19.1. The molecule has 3 heteroatoms. The lowest BCUT2D eigenvalue weighted by Crippen LogP contribution is -2.07.